The van der Waals surface area contributed by atoms with Gasteiger partial charge in [-0.15, -0.1) is 0 Å². The Morgan fingerprint density at radius 2 is 1.90 bits per heavy atom. The van der Waals surface area contributed by atoms with Crippen LogP contribution in [0.4, 0.5) is 11.4 Å². The number of aromatic nitrogens is 2. The molecule has 2 aromatic heterocycles. The summed E-state index contributed by atoms with van der Waals surface area (Å²) >= 11 is 0. The van der Waals surface area contributed by atoms with Gasteiger partial charge in [0.25, 0.3) is 5.56 Å². The van der Waals surface area contributed by atoms with Crippen LogP contribution in [-0.2, 0) is 0 Å². The molecule has 0 aliphatic carbocycles. The second-order valence-electron chi connectivity index (χ2n) is 6.97. The maximum absolute atomic E-state index is 12.4. The van der Waals surface area contributed by atoms with E-state index in [0.29, 0.717) is 29.3 Å². The van der Waals surface area contributed by atoms with Crippen molar-refractivity contribution in [3.63, 3.8) is 0 Å². The van der Waals surface area contributed by atoms with Gasteiger partial charge in [0.05, 0.1) is 24.9 Å². The molecule has 3 rings (SSSR count). The fourth-order valence-corrected chi connectivity index (χ4v) is 3.29. The monoisotopic (exact) mass is 397 g/mol. The number of pyridine rings is 2. The number of hydrogen-bond donors (Lipinski definition) is 3. The van der Waals surface area contributed by atoms with Gasteiger partial charge in [-0.3, -0.25) is 9.78 Å². The number of methoxy groups -OCH3 is 1. The van der Waals surface area contributed by atoms with E-state index in [1.165, 1.54) is 0 Å². The average Bonchev–Trinajstić information content (AvgIpc) is 2.70. The van der Waals surface area contributed by atoms with E-state index < -0.39 is 0 Å². The second-order valence-corrected chi connectivity index (χ2v) is 6.97. The molecule has 3 N–H and O–H groups in total. The molecule has 7 heteroatoms. The lowest BCUT2D eigenvalue weighted by atomic mass is 10.1. The van der Waals surface area contributed by atoms with E-state index in [-0.39, 0.29) is 12.2 Å². The van der Waals surface area contributed by atoms with Crippen molar-refractivity contribution in [2.24, 2.45) is 0 Å². The van der Waals surface area contributed by atoms with Gasteiger partial charge >= 0.3 is 0 Å². The number of H-pyrrole nitrogens is 1. The lowest BCUT2D eigenvalue weighted by Gasteiger charge is -2.17. The summed E-state index contributed by atoms with van der Waals surface area (Å²) in [5.74, 6) is 1.07. The van der Waals surface area contributed by atoms with Crippen molar-refractivity contribution in [2.75, 3.05) is 25.6 Å². The van der Waals surface area contributed by atoms with Crippen molar-refractivity contribution < 1.29 is 14.6 Å². The van der Waals surface area contributed by atoms with Crippen LogP contribution in [0.5, 0.6) is 11.5 Å². The summed E-state index contributed by atoms with van der Waals surface area (Å²) in [7, 11) is 1.57. The number of aliphatic hydroxyl groups is 1. The number of hydrogen-bond acceptors (Lipinski definition) is 6. The molecule has 0 aliphatic rings. The summed E-state index contributed by atoms with van der Waals surface area (Å²) in [5.41, 5.74) is 3.95. The topological polar surface area (TPSA) is 96.5 Å². The lowest BCUT2D eigenvalue weighted by Crippen LogP contribution is -2.09. The lowest BCUT2D eigenvalue weighted by molar-refractivity contribution is 0.261. The minimum atomic E-state index is -0.234. The molecule has 1 aromatic carbocycles. The van der Waals surface area contributed by atoms with Crippen LogP contribution in [0.2, 0.25) is 0 Å². The van der Waals surface area contributed by atoms with Gasteiger partial charge < -0.3 is 24.9 Å². The summed E-state index contributed by atoms with van der Waals surface area (Å²) in [5, 5.41) is 13.1. The first-order valence-corrected chi connectivity index (χ1v) is 9.71. The average molecular weight is 397 g/mol. The highest BCUT2D eigenvalue weighted by atomic mass is 16.5. The van der Waals surface area contributed by atoms with E-state index in [9.17, 15) is 4.79 Å². The van der Waals surface area contributed by atoms with Crippen molar-refractivity contribution in [2.45, 2.75) is 33.1 Å². The van der Waals surface area contributed by atoms with E-state index in [2.05, 4.69) is 15.3 Å². The summed E-state index contributed by atoms with van der Waals surface area (Å²) < 4.78 is 11.4. The maximum Gasteiger partial charge on any atom is 0.250 e. The third kappa shape index (κ3) is 4.68. The Hall–Kier alpha value is -3.06. The van der Waals surface area contributed by atoms with Gasteiger partial charge in [0.15, 0.2) is 11.5 Å². The number of benzene rings is 1. The zero-order chi connectivity index (χ0) is 20.8. The minimum absolute atomic E-state index is 0.174. The first-order valence-electron chi connectivity index (χ1n) is 9.71. The van der Waals surface area contributed by atoms with Crippen LogP contribution >= 0.6 is 0 Å². The minimum Gasteiger partial charge on any atom is -0.493 e. The smallest absolute Gasteiger partial charge is 0.250 e. The van der Waals surface area contributed by atoms with Gasteiger partial charge in [-0.05, 0) is 56.4 Å². The Morgan fingerprint density at radius 1 is 1.14 bits per heavy atom. The molecular weight excluding hydrogens is 370 g/mol. The van der Waals surface area contributed by atoms with Crippen molar-refractivity contribution in [1.29, 1.82) is 0 Å². The van der Waals surface area contributed by atoms with Gasteiger partial charge in [0.2, 0.25) is 0 Å². The predicted molar refractivity (Wildman–Crippen MR) is 115 cm³/mol. The highest BCUT2D eigenvalue weighted by Crippen LogP contribution is 2.37. The van der Waals surface area contributed by atoms with Crippen LogP contribution in [-0.4, -0.2) is 35.4 Å². The Balaban J connectivity index is 2.02. The molecule has 0 amide bonds. The Morgan fingerprint density at radius 3 is 2.59 bits per heavy atom. The van der Waals surface area contributed by atoms with E-state index in [0.717, 1.165) is 41.5 Å². The number of anilines is 2. The van der Waals surface area contributed by atoms with Crippen molar-refractivity contribution in [1.82, 2.24) is 9.97 Å². The molecule has 3 aromatic rings. The number of aromatic amines is 1. The summed E-state index contributed by atoms with van der Waals surface area (Å²) in [6.45, 7) is 4.59. The number of nitrogens with one attached hydrogen (secondary N) is 2. The van der Waals surface area contributed by atoms with E-state index in [4.69, 9.17) is 14.6 Å². The fourth-order valence-electron chi connectivity index (χ4n) is 3.29. The van der Waals surface area contributed by atoms with Crippen LogP contribution in [0.25, 0.3) is 10.9 Å². The first-order chi connectivity index (χ1) is 14.0. The molecule has 0 saturated carbocycles. The Labute approximate surface area is 169 Å². The number of ether oxygens (including phenoxy) is 2. The quantitative estimate of drug-likeness (QED) is 0.475. The molecule has 0 aliphatic heterocycles. The SMILES string of the molecule is COc1ccc2c(Nc3c(C)cncc3C)cc(=O)[nH]c2c1OCCCCCO. The maximum atomic E-state index is 12.4. The zero-order valence-corrected chi connectivity index (χ0v) is 17.0. The molecule has 29 heavy (non-hydrogen) atoms. The Bertz CT molecular complexity index is 1030. The van der Waals surface area contributed by atoms with Crippen LogP contribution in [0.3, 0.4) is 0 Å². The number of aliphatic hydroxyl groups excluding tert-OH is 1. The highest BCUT2D eigenvalue weighted by Gasteiger charge is 2.15. The zero-order valence-electron chi connectivity index (χ0n) is 17.0. The largest absolute Gasteiger partial charge is 0.493 e. The molecule has 7 nitrogen and oxygen atoms in total. The predicted octanol–water partition coefficient (Wildman–Crippen LogP) is 3.83. The molecule has 0 bridgehead atoms. The third-order valence-electron chi connectivity index (χ3n) is 4.79. The van der Waals surface area contributed by atoms with E-state index in [1.807, 2.05) is 26.0 Å². The van der Waals surface area contributed by atoms with E-state index >= 15 is 0 Å². The molecule has 0 saturated heterocycles. The second kappa shape index (κ2) is 9.43. The van der Waals surface area contributed by atoms with Crippen LogP contribution in [0.1, 0.15) is 30.4 Å². The number of fused-ring (bicyclic) bond motifs is 1. The van der Waals surface area contributed by atoms with Crippen LogP contribution in [0.15, 0.2) is 35.4 Å². The molecule has 2 heterocycles. The molecule has 0 unspecified atom stereocenters. The molecule has 154 valence electrons. The summed E-state index contributed by atoms with van der Waals surface area (Å²) in [6, 6.07) is 5.28. The highest BCUT2D eigenvalue weighted by molar-refractivity contribution is 5.97. The standard InChI is InChI=1S/C22H27N3O4/c1-14-12-23-13-15(2)20(14)24-17-11-19(27)25-21-16(17)7-8-18(28-3)22(21)29-10-6-4-5-9-26/h7-8,11-13,26H,4-6,9-10H2,1-3H3,(H2,23,24,25,27). The summed E-state index contributed by atoms with van der Waals surface area (Å²) in [4.78, 5) is 19.5. The fraction of sp³-hybridized carbons (Fsp3) is 0.364. The number of rotatable bonds is 9. The molecule has 0 atom stereocenters. The number of aryl methyl sites for hydroxylation is 2. The molecule has 0 spiro atoms. The van der Waals surface area contributed by atoms with Gasteiger partial charge in [-0.25, -0.2) is 0 Å². The van der Waals surface area contributed by atoms with Crippen molar-refractivity contribution in [3.8, 4) is 11.5 Å². The third-order valence-corrected chi connectivity index (χ3v) is 4.79. The number of nitrogens with zero attached hydrogens (tertiary/aromatic N) is 1. The van der Waals surface area contributed by atoms with Crippen LogP contribution in [0, 0.1) is 13.8 Å². The summed E-state index contributed by atoms with van der Waals surface area (Å²) in [6.07, 6.45) is 5.99. The van der Waals surface area contributed by atoms with Gasteiger partial charge in [0.1, 0.15) is 0 Å². The van der Waals surface area contributed by atoms with Gasteiger partial charge in [-0.2, -0.15) is 0 Å². The molecular formula is C22H27N3O4. The molecule has 0 radical (unpaired) electrons. The first kappa shape index (κ1) is 20.7. The van der Waals surface area contributed by atoms with Gasteiger partial charge in [-0.1, -0.05) is 0 Å². The number of unbranched alkanes of at least 4 members (excludes halogenated alkanes) is 2. The van der Waals surface area contributed by atoms with Gasteiger partial charge in [0, 0.05) is 36.1 Å². The van der Waals surface area contributed by atoms with Crippen molar-refractivity contribution in [3.05, 3.63) is 52.1 Å². The normalized spacial score (nSPS) is 10.9. The van der Waals surface area contributed by atoms with E-state index in [1.54, 1.807) is 25.6 Å². The Kier molecular flexibility index (Phi) is 6.72. The van der Waals surface area contributed by atoms with Crippen molar-refractivity contribution >= 4 is 22.3 Å². The molecule has 0 fully saturated rings. The van der Waals surface area contributed by atoms with Crippen LogP contribution < -0.4 is 20.3 Å².